The van der Waals surface area contributed by atoms with E-state index in [-0.39, 0.29) is 23.3 Å². The second-order valence-electron chi connectivity index (χ2n) is 5.13. The maximum atomic E-state index is 11.8. The Morgan fingerprint density at radius 3 is 2.17 bits per heavy atom. The fourth-order valence-electron chi connectivity index (χ4n) is 1.47. The maximum absolute atomic E-state index is 11.8. The highest BCUT2D eigenvalue weighted by molar-refractivity contribution is 7.89. The highest BCUT2D eigenvalue weighted by Crippen LogP contribution is 2.23. The van der Waals surface area contributed by atoms with Crippen LogP contribution in [-0.4, -0.2) is 21.2 Å². The van der Waals surface area contributed by atoms with Crippen molar-refractivity contribution in [2.75, 3.05) is 6.54 Å². The number of nitrogens with one attached hydrogen (secondary N) is 1. The Labute approximate surface area is 108 Å². The Bertz CT molecular complexity index is 498. The van der Waals surface area contributed by atoms with Crippen molar-refractivity contribution in [3.8, 4) is 0 Å². The smallest absolute Gasteiger partial charge is 0.240 e. The quantitative estimate of drug-likeness (QED) is 0.655. The minimum atomic E-state index is -3.50. The molecule has 0 atom stereocenters. The molecule has 0 aliphatic rings. The first-order chi connectivity index (χ1) is 8.27. The van der Waals surface area contributed by atoms with Gasteiger partial charge >= 0.3 is 0 Å². The van der Waals surface area contributed by atoms with Gasteiger partial charge in [0.2, 0.25) is 10.0 Å². The van der Waals surface area contributed by atoms with E-state index in [1.165, 1.54) is 0 Å². The molecule has 4 nitrogen and oxygen atoms in total. The minimum Gasteiger partial charge on any atom is -0.303 e. The number of aldehydes is 1. The largest absolute Gasteiger partial charge is 0.303 e. The van der Waals surface area contributed by atoms with Crippen LogP contribution < -0.4 is 4.72 Å². The molecule has 0 aliphatic carbocycles. The van der Waals surface area contributed by atoms with E-state index in [9.17, 15) is 13.2 Å². The molecule has 100 valence electrons. The highest BCUT2D eigenvalue weighted by Gasteiger charge is 2.16. The molecule has 0 saturated carbocycles. The van der Waals surface area contributed by atoms with Gasteiger partial charge in [-0.25, -0.2) is 13.1 Å². The Morgan fingerprint density at radius 1 is 1.17 bits per heavy atom. The minimum absolute atomic E-state index is 0.00671. The van der Waals surface area contributed by atoms with Gasteiger partial charge in [-0.2, -0.15) is 0 Å². The van der Waals surface area contributed by atoms with Crippen LogP contribution in [-0.2, 0) is 20.2 Å². The Morgan fingerprint density at radius 2 is 1.72 bits per heavy atom. The van der Waals surface area contributed by atoms with Crippen molar-refractivity contribution in [2.45, 2.75) is 37.5 Å². The number of carbonyl (C=O) groups excluding carboxylic acids is 1. The summed E-state index contributed by atoms with van der Waals surface area (Å²) >= 11 is 0. The van der Waals surface area contributed by atoms with Gasteiger partial charge in [0.1, 0.15) is 6.29 Å². The average Bonchev–Trinajstić information content (AvgIpc) is 2.28. The van der Waals surface area contributed by atoms with E-state index < -0.39 is 10.0 Å². The fraction of sp³-hybridized carbons (Fsp3) is 0.462. The summed E-state index contributed by atoms with van der Waals surface area (Å²) in [6, 6.07) is 6.80. The van der Waals surface area contributed by atoms with E-state index in [1.54, 1.807) is 12.1 Å². The zero-order valence-corrected chi connectivity index (χ0v) is 11.8. The van der Waals surface area contributed by atoms with Gasteiger partial charge in [0.25, 0.3) is 0 Å². The third kappa shape index (κ3) is 3.92. The first-order valence-corrected chi connectivity index (χ1v) is 7.29. The molecule has 0 bridgehead atoms. The van der Waals surface area contributed by atoms with E-state index in [2.05, 4.69) is 25.5 Å². The molecule has 0 saturated heterocycles. The zero-order chi connectivity index (χ0) is 13.8. The number of sulfonamides is 1. The van der Waals surface area contributed by atoms with E-state index >= 15 is 0 Å². The molecule has 0 unspecified atom stereocenters. The van der Waals surface area contributed by atoms with Crippen LogP contribution >= 0.6 is 0 Å². The summed E-state index contributed by atoms with van der Waals surface area (Å²) in [6.45, 7) is 6.34. The molecular weight excluding hydrogens is 250 g/mol. The van der Waals surface area contributed by atoms with Crippen LogP contribution in [0.3, 0.4) is 0 Å². The van der Waals surface area contributed by atoms with E-state index in [0.717, 1.165) is 5.56 Å². The summed E-state index contributed by atoms with van der Waals surface area (Å²) in [7, 11) is -3.50. The monoisotopic (exact) mass is 269 g/mol. The van der Waals surface area contributed by atoms with Gasteiger partial charge in [0.05, 0.1) is 4.90 Å². The second-order valence-corrected chi connectivity index (χ2v) is 6.89. The molecule has 0 radical (unpaired) electrons. The lowest BCUT2D eigenvalue weighted by molar-refractivity contribution is -0.107. The molecule has 0 aromatic heterocycles. The summed E-state index contributed by atoms with van der Waals surface area (Å²) < 4.78 is 26.1. The lowest BCUT2D eigenvalue weighted by atomic mass is 9.87. The Kier molecular flexibility index (Phi) is 4.65. The first-order valence-electron chi connectivity index (χ1n) is 5.81. The van der Waals surface area contributed by atoms with Crippen LogP contribution in [0.4, 0.5) is 0 Å². The normalized spacial score (nSPS) is 12.4. The molecule has 0 aliphatic heterocycles. The Balaban J connectivity index is 2.88. The summed E-state index contributed by atoms with van der Waals surface area (Å²) in [5.74, 6) is 0. The number of benzene rings is 1. The van der Waals surface area contributed by atoms with Gasteiger partial charge in [-0.3, -0.25) is 0 Å². The van der Waals surface area contributed by atoms with Crippen LogP contribution in [0.2, 0.25) is 0 Å². The molecule has 0 heterocycles. The van der Waals surface area contributed by atoms with E-state index in [0.29, 0.717) is 6.29 Å². The predicted molar refractivity (Wildman–Crippen MR) is 71.0 cm³/mol. The topological polar surface area (TPSA) is 63.2 Å². The average molecular weight is 269 g/mol. The molecule has 1 aromatic rings. The molecule has 5 heteroatoms. The number of hydrogen-bond acceptors (Lipinski definition) is 3. The van der Waals surface area contributed by atoms with Crippen molar-refractivity contribution in [3.05, 3.63) is 29.8 Å². The fourth-order valence-corrected chi connectivity index (χ4v) is 2.52. The van der Waals surface area contributed by atoms with Crippen LogP contribution in [0.5, 0.6) is 0 Å². The summed E-state index contributed by atoms with van der Waals surface area (Å²) in [4.78, 5) is 10.4. The van der Waals surface area contributed by atoms with Crippen molar-refractivity contribution in [2.24, 2.45) is 0 Å². The molecular formula is C13H19NO3S. The second kappa shape index (κ2) is 5.63. The van der Waals surface area contributed by atoms with Crippen LogP contribution in [0, 0.1) is 0 Å². The van der Waals surface area contributed by atoms with Crippen molar-refractivity contribution in [1.29, 1.82) is 0 Å². The predicted octanol–water partition coefficient (Wildman–Crippen LogP) is 1.85. The standard InChI is InChI=1S/C13H19NO3S/c1-13(2,3)11-5-7-12(8-6-11)18(16,17)14-9-4-10-15/h5-8,10,14H,4,9H2,1-3H3. The highest BCUT2D eigenvalue weighted by atomic mass is 32.2. The number of carbonyl (C=O) groups is 1. The molecule has 0 spiro atoms. The summed E-state index contributed by atoms with van der Waals surface area (Å²) in [5.41, 5.74) is 1.07. The van der Waals surface area contributed by atoms with Gasteiger partial charge in [0.15, 0.2) is 0 Å². The third-order valence-corrected chi connectivity index (χ3v) is 4.06. The van der Waals surface area contributed by atoms with Crippen molar-refractivity contribution >= 4 is 16.3 Å². The number of hydrogen-bond donors (Lipinski definition) is 1. The molecule has 1 N–H and O–H groups in total. The van der Waals surface area contributed by atoms with Gasteiger partial charge in [-0.15, -0.1) is 0 Å². The molecule has 0 amide bonds. The third-order valence-electron chi connectivity index (χ3n) is 2.58. The Hall–Kier alpha value is -1.20. The molecule has 1 aromatic carbocycles. The van der Waals surface area contributed by atoms with Crippen LogP contribution in [0.15, 0.2) is 29.2 Å². The van der Waals surface area contributed by atoms with Crippen molar-refractivity contribution < 1.29 is 13.2 Å². The molecule has 1 rings (SSSR count). The van der Waals surface area contributed by atoms with Gasteiger partial charge < -0.3 is 4.79 Å². The lowest BCUT2D eigenvalue weighted by Gasteiger charge is -2.19. The molecule has 0 fully saturated rings. The van der Waals surface area contributed by atoms with E-state index in [4.69, 9.17) is 0 Å². The lowest BCUT2D eigenvalue weighted by Crippen LogP contribution is -2.25. The SMILES string of the molecule is CC(C)(C)c1ccc(S(=O)(=O)NCCC=O)cc1. The van der Waals surface area contributed by atoms with Crippen LogP contribution in [0.25, 0.3) is 0 Å². The van der Waals surface area contributed by atoms with Crippen molar-refractivity contribution in [3.63, 3.8) is 0 Å². The zero-order valence-electron chi connectivity index (χ0n) is 10.9. The summed E-state index contributed by atoms with van der Waals surface area (Å²) in [6.07, 6.45) is 0.866. The van der Waals surface area contributed by atoms with Crippen LogP contribution in [0.1, 0.15) is 32.8 Å². The van der Waals surface area contributed by atoms with Gasteiger partial charge in [-0.1, -0.05) is 32.9 Å². The van der Waals surface area contributed by atoms with Crippen molar-refractivity contribution in [1.82, 2.24) is 4.72 Å². The number of rotatable bonds is 5. The first kappa shape index (κ1) is 14.9. The summed E-state index contributed by atoms with van der Waals surface area (Å²) in [5, 5.41) is 0. The maximum Gasteiger partial charge on any atom is 0.240 e. The van der Waals surface area contributed by atoms with E-state index in [1.807, 2.05) is 12.1 Å². The van der Waals surface area contributed by atoms with Gasteiger partial charge in [0, 0.05) is 13.0 Å². The van der Waals surface area contributed by atoms with Gasteiger partial charge in [-0.05, 0) is 23.1 Å². The molecule has 18 heavy (non-hydrogen) atoms.